The average Bonchev–Trinajstić information content (AvgIpc) is 3.00. The molecule has 1 atom stereocenters. The minimum atomic E-state index is -3.37. The minimum Gasteiger partial charge on any atom is -0.331 e. The molecule has 7 heteroatoms. The second-order valence-corrected chi connectivity index (χ2v) is 8.68. The van der Waals surface area contributed by atoms with Crippen molar-refractivity contribution in [2.45, 2.75) is 25.8 Å². The van der Waals surface area contributed by atoms with E-state index in [1.807, 2.05) is 4.90 Å². The fourth-order valence-corrected chi connectivity index (χ4v) is 4.66. The first-order valence-corrected chi connectivity index (χ1v) is 10.6. The van der Waals surface area contributed by atoms with E-state index in [9.17, 15) is 13.2 Å². The van der Waals surface area contributed by atoms with E-state index in [2.05, 4.69) is 23.1 Å². The van der Waals surface area contributed by atoms with Gasteiger partial charge in [0.25, 0.3) is 5.91 Å². The first kappa shape index (κ1) is 17.0. The third kappa shape index (κ3) is 3.47. The number of fused-ring (bicyclic) bond motifs is 1. The van der Waals surface area contributed by atoms with Crippen LogP contribution >= 0.6 is 11.3 Å². The van der Waals surface area contributed by atoms with E-state index in [4.69, 9.17) is 0 Å². The Bertz CT molecular complexity index is 858. The topological polar surface area (TPSA) is 66.5 Å². The second-order valence-electron chi connectivity index (χ2n) is 5.93. The van der Waals surface area contributed by atoms with Crippen molar-refractivity contribution in [1.29, 1.82) is 0 Å². The Labute approximate surface area is 146 Å². The Morgan fingerprint density at radius 3 is 2.88 bits per heavy atom. The molecule has 1 amide bonds. The van der Waals surface area contributed by atoms with Gasteiger partial charge in [-0.1, -0.05) is 13.0 Å². The molecule has 1 unspecified atom stereocenters. The highest BCUT2D eigenvalue weighted by atomic mass is 32.2. The zero-order chi connectivity index (χ0) is 17.3. The molecule has 0 aliphatic carbocycles. The fraction of sp³-hybridized carbons (Fsp3) is 0.353. The summed E-state index contributed by atoms with van der Waals surface area (Å²) in [5.41, 5.74) is 2.15. The Morgan fingerprint density at radius 2 is 2.17 bits per heavy atom. The van der Waals surface area contributed by atoms with Gasteiger partial charge in [0.15, 0.2) is 0 Å². The van der Waals surface area contributed by atoms with Gasteiger partial charge in [-0.05, 0) is 48.1 Å². The maximum Gasteiger partial charge on any atom is 0.254 e. The first-order chi connectivity index (χ1) is 11.4. The summed E-state index contributed by atoms with van der Waals surface area (Å²) < 4.78 is 25.2. The molecular formula is C17H20N2O3S2. The molecule has 1 aromatic carbocycles. The van der Waals surface area contributed by atoms with Crippen LogP contribution in [0.15, 0.2) is 35.7 Å². The molecule has 0 bridgehead atoms. The van der Waals surface area contributed by atoms with Gasteiger partial charge in [0, 0.05) is 22.7 Å². The third-order valence-corrected chi connectivity index (χ3v) is 5.76. The number of thiophene rings is 1. The van der Waals surface area contributed by atoms with Crippen molar-refractivity contribution in [3.05, 3.63) is 51.7 Å². The van der Waals surface area contributed by atoms with Crippen molar-refractivity contribution in [2.24, 2.45) is 0 Å². The Morgan fingerprint density at radius 1 is 1.38 bits per heavy atom. The molecule has 2 aromatic rings. The maximum atomic E-state index is 13.0. The lowest BCUT2D eigenvalue weighted by molar-refractivity contribution is 0.0657. The molecule has 128 valence electrons. The van der Waals surface area contributed by atoms with Crippen molar-refractivity contribution < 1.29 is 13.2 Å². The number of nitrogens with one attached hydrogen (secondary N) is 1. The van der Waals surface area contributed by atoms with Crippen molar-refractivity contribution in [1.82, 2.24) is 4.90 Å². The fourth-order valence-electron chi connectivity index (χ4n) is 3.18. The molecule has 0 radical (unpaired) electrons. The lowest BCUT2D eigenvalue weighted by Crippen LogP contribution is -2.39. The monoisotopic (exact) mass is 364 g/mol. The van der Waals surface area contributed by atoms with Crippen LogP contribution in [0.5, 0.6) is 0 Å². The van der Waals surface area contributed by atoms with E-state index in [1.54, 1.807) is 35.6 Å². The lowest BCUT2D eigenvalue weighted by Gasteiger charge is -2.35. The Hall–Kier alpha value is -1.86. The number of nitrogens with zero attached hydrogens (tertiary/aromatic N) is 1. The summed E-state index contributed by atoms with van der Waals surface area (Å²) in [6.45, 7) is 2.77. The normalized spacial score (nSPS) is 17.4. The number of hydrogen-bond donors (Lipinski definition) is 1. The Kier molecular flexibility index (Phi) is 4.64. The number of carbonyl (C=O) groups excluding carboxylic acids is 1. The van der Waals surface area contributed by atoms with Crippen LogP contribution in [0.2, 0.25) is 0 Å². The van der Waals surface area contributed by atoms with E-state index in [0.29, 0.717) is 17.8 Å². The number of hydrogen-bond acceptors (Lipinski definition) is 4. The van der Waals surface area contributed by atoms with Crippen LogP contribution in [0.4, 0.5) is 5.69 Å². The van der Waals surface area contributed by atoms with Crippen LogP contribution < -0.4 is 4.72 Å². The standard InChI is InChI=1S/C17H20N2O3S2/c1-3-15-14-8-10-23-16(14)7-9-19(15)17(20)12-5-4-6-13(11-12)18-24(2,21)22/h4-6,8,10-11,15,18H,3,7,9H2,1-2H3. The van der Waals surface area contributed by atoms with Crippen LogP contribution in [0, 0.1) is 0 Å². The summed E-state index contributed by atoms with van der Waals surface area (Å²) in [5.74, 6) is -0.0594. The van der Waals surface area contributed by atoms with Crippen molar-refractivity contribution in [3.63, 3.8) is 0 Å². The predicted molar refractivity (Wildman–Crippen MR) is 97.0 cm³/mol. The molecule has 1 aliphatic rings. The van der Waals surface area contributed by atoms with Crippen LogP contribution in [-0.2, 0) is 16.4 Å². The molecule has 0 saturated heterocycles. The molecule has 1 N–H and O–H groups in total. The summed E-state index contributed by atoms with van der Waals surface area (Å²) in [6, 6.07) is 8.85. The highest BCUT2D eigenvalue weighted by Gasteiger charge is 2.30. The number of amides is 1. The predicted octanol–water partition coefficient (Wildman–Crippen LogP) is 3.27. The van der Waals surface area contributed by atoms with E-state index in [1.165, 1.54) is 10.4 Å². The van der Waals surface area contributed by atoms with Crippen LogP contribution in [0.25, 0.3) is 0 Å². The molecule has 1 aromatic heterocycles. The summed E-state index contributed by atoms with van der Waals surface area (Å²) in [7, 11) is -3.37. The molecule has 24 heavy (non-hydrogen) atoms. The number of benzene rings is 1. The number of carbonyl (C=O) groups is 1. The summed E-state index contributed by atoms with van der Waals surface area (Å²) in [4.78, 5) is 16.2. The smallest absolute Gasteiger partial charge is 0.254 e. The molecule has 0 saturated carbocycles. The lowest BCUT2D eigenvalue weighted by atomic mass is 9.97. The molecular weight excluding hydrogens is 344 g/mol. The van der Waals surface area contributed by atoms with Gasteiger partial charge in [-0.2, -0.15) is 0 Å². The molecule has 0 fully saturated rings. The number of anilines is 1. The van der Waals surface area contributed by atoms with Crippen LogP contribution in [0.3, 0.4) is 0 Å². The van der Waals surface area contributed by atoms with E-state index in [0.717, 1.165) is 19.1 Å². The average molecular weight is 364 g/mol. The molecule has 5 nitrogen and oxygen atoms in total. The highest BCUT2D eigenvalue weighted by Crippen LogP contribution is 2.36. The van der Waals surface area contributed by atoms with Crippen molar-refractivity contribution in [3.8, 4) is 0 Å². The summed E-state index contributed by atoms with van der Waals surface area (Å²) in [5, 5.41) is 2.08. The number of sulfonamides is 1. The van der Waals surface area contributed by atoms with Gasteiger partial charge < -0.3 is 4.90 Å². The molecule has 3 rings (SSSR count). The second kappa shape index (κ2) is 6.57. The summed E-state index contributed by atoms with van der Waals surface area (Å²) in [6.07, 6.45) is 2.82. The summed E-state index contributed by atoms with van der Waals surface area (Å²) >= 11 is 1.75. The van der Waals surface area contributed by atoms with Gasteiger partial charge in [0.1, 0.15) is 0 Å². The van der Waals surface area contributed by atoms with Crippen molar-refractivity contribution in [2.75, 3.05) is 17.5 Å². The van der Waals surface area contributed by atoms with Crippen molar-refractivity contribution >= 4 is 33.0 Å². The quantitative estimate of drug-likeness (QED) is 0.905. The highest BCUT2D eigenvalue weighted by molar-refractivity contribution is 7.92. The SMILES string of the molecule is CCC1c2ccsc2CCN1C(=O)c1cccc(NS(C)(=O)=O)c1. The van der Waals surface area contributed by atoms with Gasteiger partial charge in [0.05, 0.1) is 12.3 Å². The third-order valence-electron chi connectivity index (χ3n) is 4.16. The van der Waals surface area contributed by atoms with Gasteiger partial charge in [-0.15, -0.1) is 11.3 Å². The zero-order valence-electron chi connectivity index (χ0n) is 13.7. The van der Waals surface area contributed by atoms with Gasteiger partial charge in [0.2, 0.25) is 10.0 Å². The van der Waals surface area contributed by atoms with E-state index >= 15 is 0 Å². The van der Waals surface area contributed by atoms with Gasteiger partial charge >= 0.3 is 0 Å². The minimum absolute atomic E-state index is 0.0594. The Balaban J connectivity index is 1.88. The van der Waals surface area contributed by atoms with Crippen LogP contribution in [0.1, 0.15) is 40.2 Å². The van der Waals surface area contributed by atoms with Crippen LogP contribution in [-0.4, -0.2) is 32.0 Å². The number of rotatable bonds is 4. The molecule has 1 aliphatic heterocycles. The van der Waals surface area contributed by atoms with Gasteiger partial charge in [-0.3, -0.25) is 9.52 Å². The van der Waals surface area contributed by atoms with E-state index < -0.39 is 10.0 Å². The maximum absolute atomic E-state index is 13.0. The molecule has 0 spiro atoms. The van der Waals surface area contributed by atoms with E-state index in [-0.39, 0.29) is 11.9 Å². The van der Waals surface area contributed by atoms with Gasteiger partial charge in [-0.25, -0.2) is 8.42 Å². The first-order valence-electron chi connectivity index (χ1n) is 7.84. The zero-order valence-corrected chi connectivity index (χ0v) is 15.3. The largest absolute Gasteiger partial charge is 0.331 e. The molecule has 2 heterocycles.